The summed E-state index contributed by atoms with van der Waals surface area (Å²) < 4.78 is 26.7. The van der Waals surface area contributed by atoms with E-state index in [1.807, 2.05) is 24.3 Å². The van der Waals surface area contributed by atoms with Crippen molar-refractivity contribution in [3.8, 4) is 11.1 Å². The summed E-state index contributed by atoms with van der Waals surface area (Å²) in [6.45, 7) is 0. The lowest BCUT2D eigenvalue weighted by Gasteiger charge is -2.09. The van der Waals surface area contributed by atoms with Gasteiger partial charge in [0, 0.05) is 17.1 Å². The van der Waals surface area contributed by atoms with Crippen LogP contribution in [0.4, 0.5) is 14.5 Å². The number of benzene rings is 3. The Kier molecular flexibility index (Phi) is 2.67. The molecule has 3 heteroatoms. The third-order valence-corrected chi connectivity index (χ3v) is 3.13. The molecule has 0 fully saturated rings. The molecular weight excluding hydrogens is 244 g/mol. The summed E-state index contributed by atoms with van der Waals surface area (Å²) >= 11 is 0. The monoisotopic (exact) mass is 255 g/mol. The molecule has 2 N–H and O–H groups in total. The predicted octanol–water partition coefficient (Wildman–Crippen LogP) is 4.37. The fourth-order valence-electron chi connectivity index (χ4n) is 2.28. The zero-order chi connectivity index (χ0) is 13.4. The van der Waals surface area contributed by atoms with E-state index in [2.05, 4.69) is 0 Å². The van der Waals surface area contributed by atoms with E-state index in [4.69, 9.17) is 5.73 Å². The Balaban J connectivity index is 2.34. The molecule has 0 amide bonds. The highest BCUT2D eigenvalue weighted by Gasteiger charge is 2.08. The SMILES string of the molecule is Nc1ccc(-c2cc(F)cc(F)c2)c2ccccc12. The molecule has 1 nitrogen and oxygen atoms in total. The van der Waals surface area contributed by atoms with E-state index in [1.165, 1.54) is 12.1 Å². The Morgan fingerprint density at radius 1 is 0.737 bits per heavy atom. The zero-order valence-corrected chi connectivity index (χ0v) is 10.0. The first kappa shape index (κ1) is 11.7. The number of rotatable bonds is 1. The topological polar surface area (TPSA) is 26.0 Å². The lowest BCUT2D eigenvalue weighted by atomic mass is 9.97. The van der Waals surface area contributed by atoms with Gasteiger partial charge < -0.3 is 5.73 Å². The quantitative estimate of drug-likeness (QED) is 0.642. The lowest BCUT2D eigenvalue weighted by molar-refractivity contribution is 0.584. The first-order valence-electron chi connectivity index (χ1n) is 5.89. The van der Waals surface area contributed by atoms with Crippen molar-refractivity contribution in [2.24, 2.45) is 0 Å². The first-order valence-corrected chi connectivity index (χ1v) is 5.89. The van der Waals surface area contributed by atoms with Gasteiger partial charge >= 0.3 is 0 Å². The average molecular weight is 255 g/mol. The Bertz CT molecular complexity index is 746. The molecule has 0 aliphatic rings. The van der Waals surface area contributed by atoms with E-state index < -0.39 is 11.6 Å². The van der Waals surface area contributed by atoms with Gasteiger partial charge in [0.15, 0.2) is 0 Å². The highest BCUT2D eigenvalue weighted by atomic mass is 19.1. The lowest BCUT2D eigenvalue weighted by Crippen LogP contribution is -1.90. The second kappa shape index (κ2) is 4.35. The van der Waals surface area contributed by atoms with E-state index >= 15 is 0 Å². The van der Waals surface area contributed by atoms with Gasteiger partial charge in [-0.3, -0.25) is 0 Å². The second-order valence-electron chi connectivity index (χ2n) is 4.41. The molecule has 0 radical (unpaired) electrons. The number of fused-ring (bicyclic) bond motifs is 1. The summed E-state index contributed by atoms with van der Waals surface area (Å²) in [7, 11) is 0. The number of nitrogens with two attached hydrogens (primary N) is 1. The average Bonchev–Trinajstić information content (AvgIpc) is 2.38. The minimum atomic E-state index is -0.587. The fraction of sp³-hybridized carbons (Fsp3) is 0. The van der Waals surface area contributed by atoms with Gasteiger partial charge in [-0.1, -0.05) is 30.3 Å². The van der Waals surface area contributed by atoms with Gasteiger partial charge in [0.25, 0.3) is 0 Å². The highest BCUT2D eigenvalue weighted by Crippen LogP contribution is 2.32. The summed E-state index contributed by atoms with van der Waals surface area (Å²) in [5.41, 5.74) is 7.84. The number of hydrogen-bond donors (Lipinski definition) is 1. The maximum absolute atomic E-state index is 13.3. The van der Waals surface area contributed by atoms with E-state index in [0.29, 0.717) is 11.3 Å². The summed E-state index contributed by atoms with van der Waals surface area (Å²) in [6, 6.07) is 14.6. The van der Waals surface area contributed by atoms with Crippen LogP contribution >= 0.6 is 0 Å². The zero-order valence-electron chi connectivity index (χ0n) is 10.0. The number of hydrogen-bond acceptors (Lipinski definition) is 1. The molecule has 0 aromatic heterocycles. The number of nitrogen functional groups attached to an aromatic ring is 1. The summed E-state index contributed by atoms with van der Waals surface area (Å²) in [6.07, 6.45) is 0. The molecule has 0 aliphatic carbocycles. The molecule has 0 heterocycles. The summed E-state index contributed by atoms with van der Waals surface area (Å²) in [4.78, 5) is 0. The molecule has 0 spiro atoms. The van der Waals surface area contributed by atoms with E-state index in [-0.39, 0.29) is 0 Å². The van der Waals surface area contributed by atoms with Gasteiger partial charge in [0.2, 0.25) is 0 Å². The molecule has 0 unspecified atom stereocenters. The Morgan fingerprint density at radius 2 is 1.37 bits per heavy atom. The minimum absolute atomic E-state index is 0.508. The predicted molar refractivity (Wildman–Crippen MR) is 73.7 cm³/mol. The smallest absolute Gasteiger partial charge is 0.126 e. The third-order valence-electron chi connectivity index (χ3n) is 3.13. The van der Waals surface area contributed by atoms with Gasteiger partial charge in [-0.05, 0) is 34.7 Å². The van der Waals surface area contributed by atoms with Crippen LogP contribution in [0.25, 0.3) is 21.9 Å². The van der Waals surface area contributed by atoms with Crippen molar-refractivity contribution in [1.82, 2.24) is 0 Å². The van der Waals surface area contributed by atoms with Crippen LogP contribution in [-0.2, 0) is 0 Å². The van der Waals surface area contributed by atoms with Crippen LogP contribution in [0.15, 0.2) is 54.6 Å². The van der Waals surface area contributed by atoms with E-state index in [9.17, 15) is 8.78 Å². The summed E-state index contributed by atoms with van der Waals surface area (Å²) in [5, 5.41) is 1.76. The Hall–Kier alpha value is -2.42. The number of anilines is 1. The number of halogens is 2. The van der Waals surface area contributed by atoms with Crippen LogP contribution < -0.4 is 5.73 Å². The van der Waals surface area contributed by atoms with Crippen LogP contribution in [0.2, 0.25) is 0 Å². The largest absolute Gasteiger partial charge is 0.398 e. The van der Waals surface area contributed by atoms with Crippen molar-refractivity contribution in [3.63, 3.8) is 0 Å². The van der Waals surface area contributed by atoms with Crippen molar-refractivity contribution in [3.05, 3.63) is 66.2 Å². The maximum atomic E-state index is 13.3. The normalized spacial score (nSPS) is 10.8. The van der Waals surface area contributed by atoms with Crippen molar-refractivity contribution < 1.29 is 8.78 Å². The van der Waals surface area contributed by atoms with Crippen LogP contribution in [0.3, 0.4) is 0 Å². The molecular formula is C16H11F2N. The molecule has 3 aromatic rings. The van der Waals surface area contributed by atoms with Crippen LogP contribution in [-0.4, -0.2) is 0 Å². The van der Waals surface area contributed by atoms with Crippen molar-refractivity contribution in [2.45, 2.75) is 0 Å². The van der Waals surface area contributed by atoms with Crippen LogP contribution in [0.1, 0.15) is 0 Å². The van der Waals surface area contributed by atoms with Crippen LogP contribution in [0.5, 0.6) is 0 Å². The molecule has 94 valence electrons. The van der Waals surface area contributed by atoms with E-state index in [0.717, 1.165) is 22.4 Å². The molecule has 19 heavy (non-hydrogen) atoms. The van der Waals surface area contributed by atoms with Gasteiger partial charge in [-0.15, -0.1) is 0 Å². The second-order valence-corrected chi connectivity index (χ2v) is 4.41. The van der Waals surface area contributed by atoms with Gasteiger partial charge in [0.05, 0.1) is 0 Å². The van der Waals surface area contributed by atoms with Gasteiger partial charge in [-0.25, -0.2) is 8.78 Å². The maximum Gasteiger partial charge on any atom is 0.126 e. The van der Waals surface area contributed by atoms with Crippen molar-refractivity contribution in [2.75, 3.05) is 5.73 Å². The molecule has 0 aliphatic heterocycles. The minimum Gasteiger partial charge on any atom is -0.398 e. The van der Waals surface area contributed by atoms with Gasteiger partial charge in [0.1, 0.15) is 11.6 Å². The van der Waals surface area contributed by atoms with Crippen LogP contribution in [0, 0.1) is 11.6 Å². The Labute approximate surface area is 109 Å². The van der Waals surface area contributed by atoms with Gasteiger partial charge in [-0.2, -0.15) is 0 Å². The standard InChI is InChI=1S/C16H11F2N/c17-11-7-10(8-12(18)9-11)13-5-6-16(19)15-4-2-1-3-14(13)15/h1-9H,19H2. The molecule has 0 atom stereocenters. The molecule has 3 aromatic carbocycles. The summed E-state index contributed by atoms with van der Waals surface area (Å²) in [5.74, 6) is -1.17. The van der Waals surface area contributed by atoms with Crippen molar-refractivity contribution in [1.29, 1.82) is 0 Å². The Morgan fingerprint density at radius 3 is 2.05 bits per heavy atom. The van der Waals surface area contributed by atoms with Crippen molar-refractivity contribution >= 4 is 16.5 Å². The van der Waals surface area contributed by atoms with E-state index in [1.54, 1.807) is 12.1 Å². The first-order chi connectivity index (χ1) is 9.15. The fourth-order valence-corrected chi connectivity index (χ4v) is 2.28. The molecule has 0 saturated heterocycles. The highest BCUT2D eigenvalue weighted by molar-refractivity contribution is 6.02. The third kappa shape index (κ3) is 2.03. The molecule has 3 rings (SSSR count). The molecule has 0 saturated carbocycles. The molecule has 0 bridgehead atoms.